The van der Waals surface area contributed by atoms with Crippen molar-refractivity contribution in [2.75, 3.05) is 6.61 Å². The van der Waals surface area contributed by atoms with Gasteiger partial charge in [0.1, 0.15) is 12.4 Å². The molecule has 1 heterocycles. The van der Waals surface area contributed by atoms with E-state index in [2.05, 4.69) is 41.6 Å². The molecule has 0 saturated carbocycles. The number of halogens is 1. The van der Waals surface area contributed by atoms with Crippen molar-refractivity contribution in [3.8, 4) is 5.75 Å². The molecule has 2 rings (SSSR count). The fraction of sp³-hybridized carbons (Fsp3) is 0.333. The number of aryl methyl sites for hydroxylation is 1. The fourth-order valence-electron chi connectivity index (χ4n) is 1.54. The van der Waals surface area contributed by atoms with E-state index in [4.69, 9.17) is 10.5 Å². The van der Waals surface area contributed by atoms with Crippen LogP contribution < -0.4 is 10.5 Å². The molecule has 1 aliphatic heterocycles. The number of nitrogens with two attached hydrogens (primary N) is 1. The van der Waals surface area contributed by atoms with Crippen LogP contribution >= 0.6 is 22.6 Å². The van der Waals surface area contributed by atoms with Crippen LogP contribution in [0, 0.1) is 10.5 Å². The van der Waals surface area contributed by atoms with Gasteiger partial charge < -0.3 is 10.5 Å². The third kappa shape index (κ3) is 1.11. The predicted octanol–water partition coefficient (Wildman–Crippen LogP) is 1.99. The average molecular weight is 275 g/mol. The number of rotatable bonds is 0. The Labute approximate surface area is 85.2 Å². The summed E-state index contributed by atoms with van der Waals surface area (Å²) in [6.07, 6.45) is 0. The topological polar surface area (TPSA) is 35.2 Å². The third-order valence-electron chi connectivity index (χ3n) is 2.14. The maximum atomic E-state index is 5.89. The molecule has 1 atom stereocenters. The Morgan fingerprint density at radius 2 is 2.33 bits per heavy atom. The lowest BCUT2D eigenvalue weighted by molar-refractivity contribution is 0.331. The number of benzene rings is 1. The van der Waals surface area contributed by atoms with Crippen molar-refractivity contribution in [3.63, 3.8) is 0 Å². The van der Waals surface area contributed by atoms with E-state index in [1.807, 2.05) is 0 Å². The van der Waals surface area contributed by atoms with Crippen molar-refractivity contribution in [1.29, 1.82) is 0 Å². The highest BCUT2D eigenvalue weighted by molar-refractivity contribution is 14.1. The highest BCUT2D eigenvalue weighted by Crippen LogP contribution is 2.37. The monoisotopic (exact) mass is 275 g/mol. The van der Waals surface area contributed by atoms with Crippen LogP contribution in [0.5, 0.6) is 5.75 Å². The predicted molar refractivity (Wildman–Crippen MR) is 56.3 cm³/mol. The van der Waals surface area contributed by atoms with Crippen LogP contribution in [0.15, 0.2) is 12.1 Å². The van der Waals surface area contributed by atoms with Crippen molar-refractivity contribution in [2.24, 2.45) is 5.73 Å². The van der Waals surface area contributed by atoms with Crippen molar-refractivity contribution < 1.29 is 4.74 Å². The fourth-order valence-corrected chi connectivity index (χ4v) is 2.16. The lowest BCUT2D eigenvalue weighted by Gasteiger charge is -2.05. The number of hydrogen-bond acceptors (Lipinski definition) is 2. The van der Waals surface area contributed by atoms with Gasteiger partial charge in [0.15, 0.2) is 0 Å². The molecule has 3 heteroatoms. The molecule has 1 aliphatic rings. The Kier molecular flexibility index (Phi) is 2.00. The van der Waals surface area contributed by atoms with Crippen LogP contribution in [-0.2, 0) is 0 Å². The van der Waals surface area contributed by atoms with E-state index < -0.39 is 0 Å². The molecule has 0 fully saturated rings. The molecule has 0 aliphatic carbocycles. The Balaban J connectivity index is 2.64. The SMILES string of the molecule is Cc1ccc(I)c2c1[C@H](N)CO2. The highest BCUT2D eigenvalue weighted by atomic mass is 127. The molecular weight excluding hydrogens is 265 g/mol. The first kappa shape index (κ1) is 8.31. The average Bonchev–Trinajstić information content (AvgIpc) is 2.42. The van der Waals surface area contributed by atoms with Crippen LogP contribution in [0.2, 0.25) is 0 Å². The van der Waals surface area contributed by atoms with Gasteiger partial charge in [0, 0.05) is 5.56 Å². The minimum Gasteiger partial charge on any atom is -0.490 e. The van der Waals surface area contributed by atoms with Crippen molar-refractivity contribution in [3.05, 3.63) is 26.8 Å². The van der Waals surface area contributed by atoms with Crippen LogP contribution in [0.1, 0.15) is 17.2 Å². The second kappa shape index (κ2) is 2.88. The Morgan fingerprint density at radius 1 is 1.58 bits per heavy atom. The molecule has 0 bridgehead atoms. The third-order valence-corrected chi connectivity index (χ3v) is 2.99. The van der Waals surface area contributed by atoms with E-state index in [0.29, 0.717) is 6.61 Å². The molecule has 2 N–H and O–H groups in total. The first-order valence-corrected chi connectivity index (χ1v) is 4.95. The van der Waals surface area contributed by atoms with E-state index >= 15 is 0 Å². The van der Waals surface area contributed by atoms with E-state index in [1.165, 1.54) is 11.1 Å². The van der Waals surface area contributed by atoms with E-state index in [0.717, 1.165) is 9.32 Å². The summed E-state index contributed by atoms with van der Waals surface area (Å²) in [6, 6.07) is 4.22. The zero-order valence-corrected chi connectivity index (χ0v) is 8.96. The summed E-state index contributed by atoms with van der Waals surface area (Å²) in [4.78, 5) is 0. The van der Waals surface area contributed by atoms with Gasteiger partial charge >= 0.3 is 0 Å². The number of fused-ring (bicyclic) bond motifs is 1. The quantitative estimate of drug-likeness (QED) is 0.735. The first-order valence-electron chi connectivity index (χ1n) is 3.87. The summed E-state index contributed by atoms with van der Waals surface area (Å²) in [7, 11) is 0. The van der Waals surface area contributed by atoms with E-state index in [1.54, 1.807) is 0 Å². The molecule has 0 saturated heterocycles. The van der Waals surface area contributed by atoms with Gasteiger partial charge in [0.05, 0.1) is 9.61 Å². The molecule has 0 amide bonds. The van der Waals surface area contributed by atoms with Crippen LogP contribution in [0.4, 0.5) is 0 Å². The molecule has 0 spiro atoms. The lowest BCUT2D eigenvalue weighted by Crippen LogP contribution is -2.11. The van der Waals surface area contributed by atoms with Crippen LogP contribution in [0.25, 0.3) is 0 Å². The molecule has 64 valence electrons. The molecular formula is C9H10INO. The number of hydrogen-bond donors (Lipinski definition) is 1. The molecule has 0 aromatic heterocycles. The standard InChI is InChI=1S/C9H10INO/c1-5-2-3-6(10)9-8(5)7(11)4-12-9/h2-3,7H,4,11H2,1H3/t7-/m1/s1. The summed E-state index contributed by atoms with van der Waals surface area (Å²) in [5, 5.41) is 0. The smallest absolute Gasteiger partial charge is 0.137 e. The normalized spacial score (nSPS) is 20.4. The Morgan fingerprint density at radius 3 is 3.00 bits per heavy atom. The maximum absolute atomic E-state index is 5.89. The summed E-state index contributed by atoms with van der Waals surface area (Å²) in [6.45, 7) is 2.69. The van der Waals surface area contributed by atoms with Gasteiger partial charge in [0.2, 0.25) is 0 Å². The minimum absolute atomic E-state index is 0.0646. The first-order chi connectivity index (χ1) is 5.70. The summed E-state index contributed by atoms with van der Waals surface area (Å²) in [5.74, 6) is 0.989. The zero-order chi connectivity index (χ0) is 8.72. The van der Waals surface area contributed by atoms with Gasteiger partial charge in [-0.1, -0.05) is 6.07 Å². The van der Waals surface area contributed by atoms with Crippen LogP contribution in [-0.4, -0.2) is 6.61 Å². The highest BCUT2D eigenvalue weighted by Gasteiger charge is 2.24. The van der Waals surface area contributed by atoms with E-state index in [-0.39, 0.29) is 6.04 Å². The summed E-state index contributed by atoms with van der Waals surface area (Å²) < 4.78 is 6.64. The van der Waals surface area contributed by atoms with Gasteiger partial charge in [-0.15, -0.1) is 0 Å². The van der Waals surface area contributed by atoms with Gasteiger partial charge in [-0.2, -0.15) is 0 Å². The number of ether oxygens (including phenoxy) is 1. The molecule has 12 heavy (non-hydrogen) atoms. The molecule has 0 radical (unpaired) electrons. The van der Waals surface area contributed by atoms with Crippen molar-refractivity contribution >= 4 is 22.6 Å². The summed E-state index contributed by atoms with van der Waals surface area (Å²) >= 11 is 2.27. The summed E-state index contributed by atoms with van der Waals surface area (Å²) in [5.41, 5.74) is 8.30. The van der Waals surface area contributed by atoms with Crippen molar-refractivity contribution in [1.82, 2.24) is 0 Å². The Bertz CT molecular complexity index is 325. The zero-order valence-electron chi connectivity index (χ0n) is 6.80. The Hall–Kier alpha value is -0.290. The minimum atomic E-state index is 0.0646. The van der Waals surface area contributed by atoms with Gasteiger partial charge in [-0.3, -0.25) is 0 Å². The van der Waals surface area contributed by atoms with E-state index in [9.17, 15) is 0 Å². The molecule has 0 unspecified atom stereocenters. The molecule has 1 aromatic rings. The molecule has 1 aromatic carbocycles. The van der Waals surface area contributed by atoms with Gasteiger partial charge in [-0.05, 0) is 41.1 Å². The lowest BCUT2D eigenvalue weighted by atomic mass is 10.0. The maximum Gasteiger partial charge on any atom is 0.137 e. The van der Waals surface area contributed by atoms with Crippen molar-refractivity contribution in [2.45, 2.75) is 13.0 Å². The second-order valence-corrected chi connectivity index (χ2v) is 4.19. The van der Waals surface area contributed by atoms with Gasteiger partial charge in [0.25, 0.3) is 0 Å². The van der Waals surface area contributed by atoms with Crippen LogP contribution in [0.3, 0.4) is 0 Å². The van der Waals surface area contributed by atoms with Gasteiger partial charge in [-0.25, -0.2) is 0 Å². The largest absolute Gasteiger partial charge is 0.490 e. The second-order valence-electron chi connectivity index (χ2n) is 3.02. The molecule has 2 nitrogen and oxygen atoms in total.